The van der Waals surface area contributed by atoms with Gasteiger partial charge in [-0.1, -0.05) is 35.9 Å². The first-order chi connectivity index (χ1) is 13.1. The fraction of sp³-hybridized carbons (Fsp3) is 0.0500. The number of thiophene rings is 1. The zero-order chi connectivity index (χ0) is 18.8. The lowest BCUT2D eigenvalue weighted by Crippen LogP contribution is -2.12. The number of pyridine rings is 1. The highest BCUT2D eigenvalue weighted by molar-refractivity contribution is 7.12. The number of aromatic nitrogens is 2. The van der Waals surface area contributed by atoms with E-state index in [0.29, 0.717) is 26.8 Å². The second-order valence-corrected chi connectivity index (χ2v) is 7.16. The minimum absolute atomic E-state index is 0.000338. The summed E-state index contributed by atoms with van der Waals surface area (Å²) in [5.74, 6) is -0.759. The Morgan fingerprint density at radius 3 is 2.63 bits per heavy atom. The smallest absolute Gasteiger partial charge is 0.339 e. The molecular weight excluding hydrogens is 384 g/mol. The van der Waals surface area contributed by atoms with E-state index in [2.05, 4.69) is 4.98 Å². The van der Waals surface area contributed by atoms with Gasteiger partial charge in [0.25, 0.3) is 0 Å². The van der Waals surface area contributed by atoms with Crippen molar-refractivity contribution in [1.29, 1.82) is 0 Å². The van der Waals surface area contributed by atoms with E-state index in [0.717, 1.165) is 0 Å². The largest absolute Gasteiger partial charge is 0.455 e. The van der Waals surface area contributed by atoms with Gasteiger partial charge < -0.3 is 9.14 Å². The van der Waals surface area contributed by atoms with E-state index in [9.17, 15) is 9.59 Å². The van der Waals surface area contributed by atoms with Crippen molar-refractivity contribution in [3.8, 4) is 0 Å². The van der Waals surface area contributed by atoms with E-state index in [1.165, 1.54) is 11.3 Å². The second-order valence-electron chi connectivity index (χ2n) is 5.77. The average Bonchev–Trinajstić information content (AvgIpc) is 3.34. The quantitative estimate of drug-likeness (QED) is 0.364. The van der Waals surface area contributed by atoms with E-state index in [1.54, 1.807) is 65.3 Å². The summed E-state index contributed by atoms with van der Waals surface area (Å²) in [5.41, 5.74) is 1.86. The molecule has 3 heterocycles. The summed E-state index contributed by atoms with van der Waals surface area (Å²) in [6, 6.07) is 13.7. The number of fused-ring (bicyclic) bond motifs is 1. The number of esters is 1. The van der Waals surface area contributed by atoms with Gasteiger partial charge in [0, 0.05) is 18.0 Å². The van der Waals surface area contributed by atoms with E-state index in [-0.39, 0.29) is 18.0 Å². The van der Waals surface area contributed by atoms with Crippen molar-refractivity contribution < 1.29 is 14.3 Å². The monoisotopic (exact) mass is 396 g/mol. The SMILES string of the molecule is O=C(OCc1cn2cc(Cl)ccc2n1)c1ccccc1C(=O)c1cccs1. The van der Waals surface area contributed by atoms with Crippen molar-refractivity contribution >= 4 is 40.3 Å². The number of rotatable bonds is 5. The summed E-state index contributed by atoms with van der Waals surface area (Å²) in [7, 11) is 0. The van der Waals surface area contributed by atoms with Crippen LogP contribution in [0.25, 0.3) is 5.65 Å². The lowest BCUT2D eigenvalue weighted by Gasteiger charge is -2.07. The minimum atomic E-state index is -0.564. The molecule has 0 N–H and O–H groups in total. The Kier molecular flexibility index (Phi) is 4.75. The molecule has 0 bridgehead atoms. The maximum atomic E-state index is 12.6. The van der Waals surface area contributed by atoms with Crippen LogP contribution in [-0.4, -0.2) is 21.1 Å². The molecule has 0 unspecified atom stereocenters. The number of benzene rings is 1. The molecular formula is C20H13ClN2O3S. The lowest BCUT2D eigenvalue weighted by molar-refractivity contribution is 0.0466. The summed E-state index contributed by atoms with van der Waals surface area (Å²) in [6.07, 6.45) is 3.47. The molecule has 0 saturated carbocycles. The predicted octanol–water partition coefficient (Wildman–Crippen LogP) is 4.64. The van der Waals surface area contributed by atoms with Gasteiger partial charge in [-0.25, -0.2) is 9.78 Å². The average molecular weight is 397 g/mol. The van der Waals surface area contributed by atoms with Crippen LogP contribution in [0.3, 0.4) is 0 Å². The van der Waals surface area contributed by atoms with Crippen molar-refractivity contribution in [3.05, 3.63) is 93.0 Å². The number of carbonyl (C=O) groups is 2. The molecule has 4 aromatic rings. The predicted molar refractivity (Wildman–Crippen MR) is 104 cm³/mol. The third-order valence-corrected chi connectivity index (χ3v) is 5.04. The van der Waals surface area contributed by atoms with E-state index < -0.39 is 5.97 Å². The molecule has 27 heavy (non-hydrogen) atoms. The highest BCUT2D eigenvalue weighted by Gasteiger charge is 2.20. The molecule has 0 aliphatic carbocycles. The number of hydrogen-bond acceptors (Lipinski definition) is 5. The molecule has 0 radical (unpaired) electrons. The molecule has 134 valence electrons. The van der Waals surface area contributed by atoms with Crippen molar-refractivity contribution in [2.75, 3.05) is 0 Å². The van der Waals surface area contributed by atoms with Crippen molar-refractivity contribution in [1.82, 2.24) is 9.38 Å². The van der Waals surface area contributed by atoms with Gasteiger partial charge in [0.05, 0.1) is 21.2 Å². The van der Waals surface area contributed by atoms with Crippen LogP contribution in [0.5, 0.6) is 0 Å². The number of imidazole rings is 1. The summed E-state index contributed by atoms with van der Waals surface area (Å²) < 4.78 is 7.15. The molecule has 0 spiro atoms. The fourth-order valence-electron chi connectivity index (χ4n) is 2.70. The van der Waals surface area contributed by atoms with Crippen molar-refractivity contribution in [3.63, 3.8) is 0 Å². The standard InChI is InChI=1S/C20H13ClN2O3S/c21-13-7-8-18-22-14(11-23(18)10-13)12-26-20(25)16-5-2-1-4-15(16)19(24)17-6-3-9-27-17/h1-11H,12H2. The number of ketones is 1. The molecule has 0 amide bonds. The van der Waals surface area contributed by atoms with Gasteiger partial charge >= 0.3 is 5.97 Å². The molecule has 1 aromatic carbocycles. The molecule has 0 saturated heterocycles. The number of halogens is 1. The van der Waals surface area contributed by atoms with Gasteiger partial charge in [-0.15, -0.1) is 11.3 Å². The van der Waals surface area contributed by atoms with Crippen LogP contribution >= 0.6 is 22.9 Å². The molecule has 5 nitrogen and oxygen atoms in total. The normalized spacial score (nSPS) is 10.9. The van der Waals surface area contributed by atoms with Crippen LogP contribution in [0.1, 0.15) is 31.3 Å². The zero-order valence-corrected chi connectivity index (χ0v) is 15.5. The Morgan fingerprint density at radius 1 is 1.04 bits per heavy atom. The summed E-state index contributed by atoms with van der Waals surface area (Å²) in [6.45, 7) is -0.000338. The van der Waals surface area contributed by atoms with Gasteiger partial charge in [0.1, 0.15) is 12.3 Å². The molecule has 0 fully saturated rings. The highest BCUT2D eigenvalue weighted by atomic mass is 35.5. The maximum absolute atomic E-state index is 12.6. The Labute approximate surface area is 163 Å². The topological polar surface area (TPSA) is 60.7 Å². The first-order valence-electron chi connectivity index (χ1n) is 8.09. The number of nitrogens with zero attached hydrogens (tertiary/aromatic N) is 2. The van der Waals surface area contributed by atoms with E-state index in [1.807, 2.05) is 5.38 Å². The molecule has 0 aliphatic rings. The minimum Gasteiger partial charge on any atom is -0.455 e. The van der Waals surface area contributed by atoms with E-state index in [4.69, 9.17) is 16.3 Å². The molecule has 3 aromatic heterocycles. The van der Waals surface area contributed by atoms with Crippen LogP contribution in [0.2, 0.25) is 5.02 Å². The van der Waals surface area contributed by atoms with E-state index >= 15 is 0 Å². The zero-order valence-electron chi connectivity index (χ0n) is 14.0. The van der Waals surface area contributed by atoms with Crippen molar-refractivity contribution in [2.24, 2.45) is 0 Å². The first kappa shape index (κ1) is 17.5. The fourth-order valence-corrected chi connectivity index (χ4v) is 3.55. The summed E-state index contributed by atoms with van der Waals surface area (Å²) in [5, 5.41) is 2.41. The van der Waals surface area contributed by atoms with Crippen LogP contribution in [0.15, 0.2) is 66.3 Å². The van der Waals surface area contributed by atoms with Gasteiger partial charge in [0.15, 0.2) is 0 Å². The highest BCUT2D eigenvalue weighted by Crippen LogP contribution is 2.19. The Balaban J connectivity index is 1.53. The van der Waals surface area contributed by atoms with Gasteiger partial charge in [-0.05, 0) is 29.6 Å². The molecule has 0 atom stereocenters. The molecule has 4 rings (SSSR count). The van der Waals surface area contributed by atoms with Crippen LogP contribution < -0.4 is 0 Å². The third-order valence-electron chi connectivity index (χ3n) is 3.95. The maximum Gasteiger partial charge on any atom is 0.339 e. The summed E-state index contributed by atoms with van der Waals surface area (Å²) >= 11 is 7.29. The number of carbonyl (C=O) groups excluding carboxylic acids is 2. The second kappa shape index (κ2) is 7.34. The van der Waals surface area contributed by atoms with Gasteiger partial charge in [0.2, 0.25) is 5.78 Å². The van der Waals surface area contributed by atoms with Crippen molar-refractivity contribution in [2.45, 2.75) is 6.61 Å². The summed E-state index contributed by atoms with van der Waals surface area (Å²) in [4.78, 5) is 30.1. The van der Waals surface area contributed by atoms with Crippen LogP contribution in [0.4, 0.5) is 0 Å². The molecule has 0 aliphatic heterocycles. The first-order valence-corrected chi connectivity index (χ1v) is 9.35. The van der Waals surface area contributed by atoms with Gasteiger partial charge in [-0.3, -0.25) is 4.79 Å². The third kappa shape index (κ3) is 3.63. The molecule has 7 heteroatoms. The van der Waals surface area contributed by atoms with Crippen LogP contribution in [-0.2, 0) is 11.3 Å². The van der Waals surface area contributed by atoms with Gasteiger partial charge in [-0.2, -0.15) is 0 Å². The number of hydrogen-bond donors (Lipinski definition) is 0. The Hall–Kier alpha value is -2.96. The number of ether oxygens (including phenoxy) is 1. The van der Waals surface area contributed by atoms with Crippen LogP contribution in [0, 0.1) is 0 Å². The Morgan fingerprint density at radius 2 is 1.85 bits per heavy atom. The lowest BCUT2D eigenvalue weighted by atomic mass is 10.0. The Bertz CT molecular complexity index is 1140.